The van der Waals surface area contributed by atoms with Crippen LogP contribution in [0.1, 0.15) is 25.3 Å². The molecule has 1 atom stereocenters. The van der Waals surface area contributed by atoms with Crippen LogP contribution in [0, 0.1) is 11.3 Å². The van der Waals surface area contributed by atoms with Crippen molar-refractivity contribution < 1.29 is 9.15 Å². The van der Waals surface area contributed by atoms with E-state index in [0.29, 0.717) is 36.0 Å². The molecule has 6 heteroatoms. The first-order valence-electron chi connectivity index (χ1n) is 8.37. The van der Waals surface area contributed by atoms with Crippen LogP contribution in [0.5, 0.6) is 0 Å². The molecule has 0 amide bonds. The number of thiocarbonyl (C=S) groups is 1. The first-order chi connectivity index (χ1) is 12.7. The van der Waals surface area contributed by atoms with Crippen LogP contribution in [0.3, 0.4) is 0 Å². The highest BCUT2D eigenvalue weighted by Crippen LogP contribution is 2.26. The maximum absolute atomic E-state index is 8.99. The highest BCUT2D eigenvalue weighted by Gasteiger charge is 2.24. The Hall–Kier alpha value is -2.91. The molecule has 0 aliphatic carbocycles. The van der Waals surface area contributed by atoms with Crippen molar-refractivity contribution in [3.63, 3.8) is 0 Å². The summed E-state index contributed by atoms with van der Waals surface area (Å²) in [5.41, 5.74) is 2.50. The van der Waals surface area contributed by atoms with E-state index in [0.717, 1.165) is 11.2 Å². The van der Waals surface area contributed by atoms with Gasteiger partial charge in [-0.05, 0) is 36.5 Å². The third kappa shape index (κ3) is 4.38. The number of para-hydroxylation sites is 3. The summed E-state index contributed by atoms with van der Waals surface area (Å²) in [4.78, 5) is 6.63. The van der Waals surface area contributed by atoms with Gasteiger partial charge >= 0.3 is 0 Å². The molecule has 1 heterocycles. The number of nitrogens with zero attached hydrogens (tertiary/aromatic N) is 3. The summed E-state index contributed by atoms with van der Waals surface area (Å²) in [6, 6.07) is 19.7. The van der Waals surface area contributed by atoms with Gasteiger partial charge in [-0.2, -0.15) is 5.26 Å². The summed E-state index contributed by atoms with van der Waals surface area (Å²) in [5, 5.41) is 9.42. The second kappa shape index (κ2) is 8.45. The van der Waals surface area contributed by atoms with E-state index in [9.17, 15) is 0 Å². The SMILES string of the molecule is CC(=S)OC(CN(CCC#N)c1ccccc1)c1nc2ccccc2o1. The Kier molecular flexibility index (Phi) is 5.82. The minimum atomic E-state index is -0.459. The van der Waals surface area contributed by atoms with Crippen LogP contribution in [0.25, 0.3) is 11.1 Å². The molecule has 0 saturated carbocycles. The number of aromatic nitrogens is 1. The quantitative estimate of drug-likeness (QED) is 0.568. The summed E-state index contributed by atoms with van der Waals surface area (Å²) >= 11 is 5.15. The second-order valence-electron chi connectivity index (χ2n) is 5.81. The predicted octanol–water partition coefficient (Wildman–Crippen LogP) is 4.65. The minimum absolute atomic E-state index is 0.408. The minimum Gasteiger partial charge on any atom is -0.473 e. The Morgan fingerprint density at radius 1 is 1.23 bits per heavy atom. The Bertz CT molecular complexity index is 884. The van der Waals surface area contributed by atoms with Gasteiger partial charge in [0.05, 0.1) is 19.0 Å². The molecular weight excluding hydrogens is 346 g/mol. The monoisotopic (exact) mass is 365 g/mol. The number of fused-ring (bicyclic) bond motifs is 1. The first kappa shape index (κ1) is 17.9. The van der Waals surface area contributed by atoms with Crippen LogP contribution in [0.2, 0.25) is 0 Å². The molecule has 3 aromatic rings. The number of benzene rings is 2. The zero-order chi connectivity index (χ0) is 18.4. The summed E-state index contributed by atoms with van der Waals surface area (Å²) in [5.74, 6) is 0.480. The summed E-state index contributed by atoms with van der Waals surface area (Å²) in [6.07, 6.45) is -0.0510. The van der Waals surface area contributed by atoms with Crippen molar-refractivity contribution >= 4 is 34.1 Å². The topological polar surface area (TPSA) is 62.3 Å². The van der Waals surface area contributed by atoms with Gasteiger partial charge in [0, 0.05) is 19.2 Å². The molecule has 0 radical (unpaired) electrons. The van der Waals surface area contributed by atoms with Crippen LogP contribution >= 0.6 is 12.2 Å². The van der Waals surface area contributed by atoms with Gasteiger partial charge in [-0.1, -0.05) is 30.3 Å². The molecule has 0 N–H and O–H groups in total. The highest BCUT2D eigenvalue weighted by atomic mass is 32.1. The molecule has 2 aromatic carbocycles. The summed E-state index contributed by atoms with van der Waals surface area (Å²) < 4.78 is 11.7. The van der Waals surface area contributed by atoms with Crippen molar-refractivity contribution in [2.75, 3.05) is 18.0 Å². The number of nitriles is 1. The number of hydrogen-bond donors (Lipinski definition) is 0. The van der Waals surface area contributed by atoms with Crippen molar-refractivity contribution in [1.82, 2.24) is 4.98 Å². The lowest BCUT2D eigenvalue weighted by Gasteiger charge is -2.27. The number of anilines is 1. The van der Waals surface area contributed by atoms with E-state index in [2.05, 4.69) is 16.0 Å². The van der Waals surface area contributed by atoms with Gasteiger partial charge in [0.1, 0.15) is 5.52 Å². The molecule has 0 saturated heterocycles. The Labute approximate surface area is 157 Å². The van der Waals surface area contributed by atoms with Crippen molar-refractivity contribution in [2.45, 2.75) is 19.4 Å². The molecule has 3 rings (SSSR count). The fourth-order valence-corrected chi connectivity index (χ4v) is 2.86. The van der Waals surface area contributed by atoms with Crippen molar-refractivity contribution in [3.05, 3.63) is 60.5 Å². The fraction of sp³-hybridized carbons (Fsp3) is 0.250. The van der Waals surface area contributed by atoms with Gasteiger partial charge in [0.2, 0.25) is 5.89 Å². The number of rotatable bonds is 7. The normalized spacial score (nSPS) is 11.7. The Balaban J connectivity index is 1.90. The molecule has 1 aromatic heterocycles. The zero-order valence-corrected chi connectivity index (χ0v) is 15.3. The van der Waals surface area contributed by atoms with Crippen molar-refractivity contribution in [2.24, 2.45) is 0 Å². The fourth-order valence-electron chi connectivity index (χ4n) is 2.74. The van der Waals surface area contributed by atoms with Gasteiger partial charge in [-0.25, -0.2) is 4.98 Å². The van der Waals surface area contributed by atoms with Crippen LogP contribution in [0.4, 0.5) is 5.69 Å². The number of oxazole rings is 1. The van der Waals surface area contributed by atoms with E-state index in [1.54, 1.807) is 6.92 Å². The van der Waals surface area contributed by atoms with Crippen molar-refractivity contribution in [1.29, 1.82) is 5.26 Å². The second-order valence-corrected chi connectivity index (χ2v) is 6.38. The van der Waals surface area contributed by atoms with Gasteiger partial charge in [-0.15, -0.1) is 0 Å². The highest BCUT2D eigenvalue weighted by molar-refractivity contribution is 7.80. The van der Waals surface area contributed by atoms with Crippen LogP contribution in [0.15, 0.2) is 59.0 Å². The van der Waals surface area contributed by atoms with Crippen LogP contribution < -0.4 is 4.90 Å². The Morgan fingerprint density at radius 2 is 1.96 bits per heavy atom. The molecule has 0 fully saturated rings. The molecule has 0 aliphatic heterocycles. The third-order valence-electron chi connectivity index (χ3n) is 3.90. The van der Waals surface area contributed by atoms with Crippen LogP contribution in [-0.2, 0) is 4.74 Å². The van der Waals surface area contributed by atoms with E-state index >= 15 is 0 Å². The molecule has 132 valence electrons. The number of hydrogen-bond acceptors (Lipinski definition) is 6. The smallest absolute Gasteiger partial charge is 0.238 e. The molecule has 5 nitrogen and oxygen atoms in total. The summed E-state index contributed by atoms with van der Waals surface area (Å²) in [6.45, 7) is 2.79. The summed E-state index contributed by atoms with van der Waals surface area (Å²) in [7, 11) is 0. The maximum Gasteiger partial charge on any atom is 0.238 e. The van der Waals surface area contributed by atoms with Gasteiger partial charge in [-0.3, -0.25) is 0 Å². The van der Waals surface area contributed by atoms with E-state index in [1.165, 1.54) is 0 Å². The van der Waals surface area contributed by atoms with E-state index < -0.39 is 6.10 Å². The number of ether oxygens (including phenoxy) is 1. The lowest BCUT2D eigenvalue weighted by Crippen LogP contribution is -2.31. The van der Waals surface area contributed by atoms with Gasteiger partial charge < -0.3 is 14.1 Å². The van der Waals surface area contributed by atoms with Crippen molar-refractivity contribution in [3.8, 4) is 6.07 Å². The zero-order valence-electron chi connectivity index (χ0n) is 14.5. The van der Waals surface area contributed by atoms with E-state index in [4.69, 9.17) is 26.6 Å². The molecular formula is C20H19N3O2S. The molecule has 0 spiro atoms. The molecule has 26 heavy (non-hydrogen) atoms. The van der Waals surface area contributed by atoms with Gasteiger partial charge in [0.15, 0.2) is 16.7 Å². The third-order valence-corrected chi connectivity index (χ3v) is 3.99. The molecule has 0 bridgehead atoms. The van der Waals surface area contributed by atoms with E-state index in [-0.39, 0.29) is 0 Å². The lowest BCUT2D eigenvalue weighted by atomic mass is 10.2. The molecule has 0 aliphatic rings. The average molecular weight is 365 g/mol. The van der Waals surface area contributed by atoms with E-state index in [1.807, 2.05) is 54.6 Å². The largest absolute Gasteiger partial charge is 0.473 e. The standard InChI is InChI=1S/C20H19N3O2S/c1-15(26)24-19(20-22-17-10-5-6-11-18(17)25-20)14-23(13-7-12-21)16-8-3-2-4-9-16/h2-6,8-11,19H,7,13-14H2,1H3. The Morgan fingerprint density at radius 3 is 2.65 bits per heavy atom. The maximum atomic E-state index is 8.99. The van der Waals surface area contributed by atoms with Crippen LogP contribution in [-0.4, -0.2) is 23.1 Å². The average Bonchev–Trinajstić information content (AvgIpc) is 3.08. The van der Waals surface area contributed by atoms with Gasteiger partial charge in [0.25, 0.3) is 0 Å². The first-order valence-corrected chi connectivity index (χ1v) is 8.78. The predicted molar refractivity (Wildman–Crippen MR) is 105 cm³/mol. The molecule has 1 unspecified atom stereocenters. The lowest BCUT2D eigenvalue weighted by molar-refractivity contribution is 0.168.